The molecule has 0 atom stereocenters. The van der Waals surface area contributed by atoms with Gasteiger partial charge in [0, 0.05) is 6.26 Å². The van der Waals surface area contributed by atoms with Crippen molar-refractivity contribution >= 4 is 19.7 Å². The van der Waals surface area contributed by atoms with Crippen molar-refractivity contribution in [3.05, 3.63) is 0 Å². The van der Waals surface area contributed by atoms with Crippen LogP contribution in [0, 0.1) is 0 Å². The molecule has 0 aromatic carbocycles. The van der Waals surface area contributed by atoms with Crippen LogP contribution >= 0.6 is 10.8 Å². The van der Waals surface area contributed by atoms with Crippen molar-refractivity contribution in [1.29, 1.82) is 0 Å². The maximum Gasteiger partial charge on any atom is 0.198 e. The molecule has 0 N–H and O–H groups in total. The first-order valence-electron chi connectivity index (χ1n) is 11.1. The topological polar surface area (TPSA) is 34.1 Å². The van der Waals surface area contributed by atoms with E-state index in [1.807, 2.05) is 0 Å². The lowest BCUT2D eigenvalue weighted by Gasteiger charge is -2.39. The first-order valence-corrected chi connectivity index (χ1v) is 14.5. The molecule has 0 fully saturated rings. The van der Waals surface area contributed by atoms with Gasteiger partial charge in [0.2, 0.25) is 0 Å². The van der Waals surface area contributed by atoms with E-state index >= 15 is 0 Å². The van der Waals surface area contributed by atoms with Crippen molar-refractivity contribution in [3.63, 3.8) is 0 Å². The fourth-order valence-corrected chi connectivity index (χ4v) is 5.57. The summed E-state index contributed by atoms with van der Waals surface area (Å²) in [5.41, 5.74) is 0. The van der Waals surface area contributed by atoms with Gasteiger partial charge in [-0.1, -0.05) is 59.3 Å². The molecule has 0 heterocycles. The summed E-state index contributed by atoms with van der Waals surface area (Å²) in [6.07, 6.45) is 17.0. The van der Waals surface area contributed by atoms with E-state index in [1.54, 1.807) is 0 Å². The van der Waals surface area contributed by atoms with Crippen LogP contribution in [-0.2, 0) is 8.87 Å². The lowest BCUT2D eigenvalue weighted by atomic mass is 10.1. The number of hydrogen-bond donors (Lipinski definition) is 0. The molecule has 5 heteroatoms. The summed E-state index contributed by atoms with van der Waals surface area (Å²) in [5, 5.41) is 0. The van der Waals surface area contributed by atoms with Crippen LogP contribution in [0.2, 0.25) is 0 Å². The van der Waals surface area contributed by atoms with E-state index in [-0.39, 0.29) is 0 Å². The monoisotopic (exact) mass is 408 g/mol. The summed E-state index contributed by atoms with van der Waals surface area (Å²) in [4.78, 5) is 0. The second kappa shape index (κ2) is 16.2. The normalized spacial score (nSPS) is 12.6. The third kappa shape index (κ3) is 15.3. The van der Waals surface area contributed by atoms with Gasteiger partial charge in [-0.05, 0) is 49.3 Å². The number of rotatable bonds is 19. The van der Waals surface area contributed by atoms with Crippen LogP contribution in [0.4, 0.5) is 0 Å². The number of nitrogens with zero attached hydrogens (tertiary/aromatic N) is 1. The maximum atomic E-state index is 11.6. The van der Waals surface area contributed by atoms with E-state index in [0.717, 1.165) is 27.6 Å². The molecule has 158 valence electrons. The van der Waals surface area contributed by atoms with E-state index in [9.17, 15) is 8.42 Å². The van der Waals surface area contributed by atoms with Crippen LogP contribution in [-0.4, -0.2) is 51.1 Å². The molecule has 0 aromatic heterocycles. The van der Waals surface area contributed by atoms with Crippen molar-refractivity contribution in [1.82, 2.24) is 0 Å². The van der Waals surface area contributed by atoms with Crippen LogP contribution in [0.1, 0.15) is 97.8 Å². The molecule has 0 bridgehead atoms. The second-order valence-electron chi connectivity index (χ2n) is 7.94. The Balaban J connectivity index is 4.83. The molecule has 0 rings (SSSR count). The standard InChI is InChI=1S/C21H46NO2S2/c1-5-8-11-14-17-22(18-15-12-9-6-2,19-16-13-10-7-3)20-21-25-26(4,23)24/h5-21H2,1-4H3/q+1. The summed E-state index contributed by atoms with van der Waals surface area (Å²) >= 11 is 0. The van der Waals surface area contributed by atoms with Crippen molar-refractivity contribution in [2.45, 2.75) is 97.8 Å². The highest BCUT2D eigenvalue weighted by Crippen LogP contribution is 2.20. The van der Waals surface area contributed by atoms with Gasteiger partial charge in [0.05, 0.1) is 31.9 Å². The molecule has 0 aromatic rings. The summed E-state index contributed by atoms with van der Waals surface area (Å²) in [6, 6.07) is 0. The van der Waals surface area contributed by atoms with Crippen molar-refractivity contribution < 1.29 is 12.9 Å². The van der Waals surface area contributed by atoms with Crippen LogP contribution in [0.3, 0.4) is 0 Å². The van der Waals surface area contributed by atoms with Gasteiger partial charge in [-0.2, -0.15) is 0 Å². The molecule has 0 unspecified atom stereocenters. The summed E-state index contributed by atoms with van der Waals surface area (Å²) in [5.74, 6) is 0.744. The van der Waals surface area contributed by atoms with Gasteiger partial charge in [-0.3, -0.25) is 0 Å². The van der Waals surface area contributed by atoms with E-state index < -0.39 is 8.87 Å². The SMILES string of the molecule is CCCCCC[N+](CCCCCC)(CCCCCC)CCSS(C)(=O)=O. The Morgan fingerprint density at radius 3 is 1.31 bits per heavy atom. The van der Waals surface area contributed by atoms with Crippen molar-refractivity contribution in [2.75, 3.05) is 38.2 Å². The van der Waals surface area contributed by atoms with Crippen molar-refractivity contribution in [3.8, 4) is 0 Å². The van der Waals surface area contributed by atoms with Gasteiger partial charge < -0.3 is 4.48 Å². The van der Waals surface area contributed by atoms with Gasteiger partial charge in [0.1, 0.15) is 0 Å². The molecule has 26 heavy (non-hydrogen) atoms. The first kappa shape index (κ1) is 26.3. The first-order chi connectivity index (χ1) is 12.4. The smallest absolute Gasteiger partial charge is 0.198 e. The van der Waals surface area contributed by atoms with E-state index in [0.29, 0.717) is 0 Å². The molecule has 0 aliphatic carbocycles. The Bertz CT molecular complexity index is 379. The quantitative estimate of drug-likeness (QED) is 0.144. The summed E-state index contributed by atoms with van der Waals surface area (Å²) in [7, 11) is -1.78. The molecule has 0 saturated carbocycles. The van der Waals surface area contributed by atoms with Crippen LogP contribution < -0.4 is 0 Å². The Kier molecular flexibility index (Phi) is 16.4. The van der Waals surface area contributed by atoms with E-state index in [1.165, 1.54) is 103 Å². The number of hydrogen-bond acceptors (Lipinski definition) is 3. The molecule has 0 aliphatic rings. The van der Waals surface area contributed by atoms with Gasteiger partial charge >= 0.3 is 0 Å². The van der Waals surface area contributed by atoms with Gasteiger partial charge in [-0.15, -0.1) is 0 Å². The lowest BCUT2D eigenvalue weighted by molar-refractivity contribution is -0.926. The Morgan fingerprint density at radius 1 is 0.615 bits per heavy atom. The lowest BCUT2D eigenvalue weighted by Crippen LogP contribution is -2.51. The van der Waals surface area contributed by atoms with E-state index in [2.05, 4.69) is 20.8 Å². The zero-order valence-electron chi connectivity index (χ0n) is 18.1. The fraction of sp³-hybridized carbons (Fsp3) is 1.00. The molecule has 0 radical (unpaired) electrons. The molecular weight excluding hydrogens is 362 g/mol. The predicted octanol–water partition coefficient (Wildman–Crippen LogP) is 6.24. The highest BCUT2D eigenvalue weighted by molar-refractivity contribution is 8.71. The summed E-state index contributed by atoms with van der Waals surface area (Å²) < 4.78 is 24.3. The average Bonchev–Trinajstić information content (AvgIpc) is 2.58. The molecular formula is C21H46NO2S2+. The number of quaternary nitrogens is 1. The van der Waals surface area contributed by atoms with Crippen LogP contribution in [0.25, 0.3) is 0 Å². The van der Waals surface area contributed by atoms with Crippen molar-refractivity contribution in [2.24, 2.45) is 0 Å². The minimum absolute atomic E-state index is 0.744. The molecule has 0 saturated heterocycles. The van der Waals surface area contributed by atoms with Crippen LogP contribution in [0.15, 0.2) is 0 Å². The molecule has 3 nitrogen and oxygen atoms in total. The van der Waals surface area contributed by atoms with Gasteiger partial charge in [-0.25, -0.2) is 8.42 Å². The molecule has 0 spiro atoms. The van der Waals surface area contributed by atoms with E-state index in [4.69, 9.17) is 0 Å². The zero-order valence-corrected chi connectivity index (χ0v) is 19.7. The fourth-order valence-electron chi connectivity index (χ4n) is 3.68. The Morgan fingerprint density at radius 2 is 1.00 bits per heavy atom. The minimum atomic E-state index is -2.93. The average molecular weight is 409 g/mol. The van der Waals surface area contributed by atoms with Crippen LogP contribution in [0.5, 0.6) is 0 Å². The number of unbranched alkanes of at least 4 members (excludes halogenated alkanes) is 9. The highest BCUT2D eigenvalue weighted by atomic mass is 33.1. The largest absolute Gasteiger partial charge is 0.323 e. The van der Waals surface area contributed by atoms with Gasteiger partial charge in [0.25, 0.3) is 0 Å². The third-order valence-corrected chi connectivity index (χ3v) is 7.88. The minimum Gasteiger partial charge on any atom is -0.323 e. The predicted molar refractivity (Wildman–Crippen MR) is 119 cm³/mol. The maximum absolute atomic E-state index is 11.6. The highest BCUT2D eigenvalue weighted by Gasteiger charge is 2.26. The second-order valence-corrected chi connectivity index (χ2v) is 12.5. The molecule has 0 aliphatic heterocycles. The van der Waals surface area contributed by atoms with Gasteiger partial charge in [0.15, 0.2) is 8.87 Å². The summed E-state index contributed by atoms with van der Waals surface area (Å²) in [6.45, 7) is 11.5. The molecule has 0 amide bonds. The Labute approximate surface area is 168 Å². The zero-order chi connectivity index (χ0) is 19.7. The third-order valence-electron chi connectivity index (χ3n) is 5.32. The Hall–Kier alpha value is 0.260.